The van der Waals surface area contributed by atoms with Crippen molar-refractivity contribution in [2.75, 3.05) is 25.5 Å². The molecule has 32 heteroatoms. The smallest absolute Gasteiger partial charge is 0.417 e. The molecule has 0 unspecified atom stereocenters. The predicted octanol–water partition coefficient (Wildman–Crippen LogP) is 11.4. The molecule has 0 heterocycles. The summed E-state index contributed by atoms with van der Waals surface area (Å²) in [4.78, 5) is 211. The number of nitrogens with one attached hydrogen (secondary N) is 9. The fourth-order valence-electron chi connectivity index (χ4n) is 19.1. The molecule has 0 bridgehead atoms. The standard InChI is InChI=1S/C94H132N12O16P2S2/c1-14-55(2)79(86(114)99-60(7)84(112)104-93(10,11)89(117)100-56(3)80(95)108)102-82(110)58(5)97-81(109)57(4)98-85(113)77(53-123(125,63-35-19-15-20-36-63)64-37-21-16-22-38-64)105(91(119)121-51-75-71-47-31-27-43-67(71)68-44-28-32-48-72(68)75)88(116)78(54-124(126,65-39-23-17-24-40-65)66-41-25-18-26-42-66)106(87(115)61(8)101-90(118)94(12,13)103-83(111)59(6)96-62(9)107)92(120)122-52-76-73-49-33-29-45-69(73)70-46-30-34-50-74(70)76/h27-34,43-50,55-61,63-66,75-79H,14-26,35-42,51-54H2,1-13H3,(H2,95,108)(H,96,107)(H,97,109)(H,98,113)(H,99,114)(H,100,117)(H,101,118)(H,102,110)(H,103,111)(H,104,112)/t55-,56-,57-,58-,59-,60-,61-,77-,78-,79-/m0/s1. The Balaban J connectivity index is 1.10. The van der Waals surface area contributed by atoms with E-state index in [-0.39, 0.29) is 41.6 Å². The van der Waals surface area contributed by atoms with Gasteiger partial charge in [0.25, 0.3) is 11.8 Å². The molecule has 10 atom stereocenters. The summed E-state index contributed by atoms with van der Waals surface area (Å²) in [5, 5.41) is 23.9. The van der Waals surface area contributed by atoms with Crippen LogP contribution in [0, 0.1) is 5.92 Å². The monoisotopic (exact) mass is 1810 g/mol. The van der Waals surface area contributed by atoms with Gasteiger partial charge in [0.15, 0.2) is 0 Å². The SMILES string of the molecule is CC[C@H](C)[C@H](NC(=O)[C@H](C)NC(=O)[C@H](C)NC(=O)[C@H](CP(=S)(C1CCCCC1)C1CCCCC1)N(C(=O)OCC1c2ccccc2-c2ccccc21)C(=O)[C@H](CP(=S)(C1CCCCC1)C1CCCCC1)N(C(=O)OCC1c2ccccc2-c2ccccc21)C(=O)[C@H](C)NC(=O)C(C)(C)NC(=O)[C@H](C)NC(C)=O)C(=O)N[C@@H](C)C(=O)NC(C)(C)C(=O)N[C@@H](C)C(N)=O. The van der Waals surface area contributed by atoms with Crippen LogP contribution in [-0.2, 0) is 90.6 Å². The fourth-order valence-corrected chi connectivity index (χ4v) is 31.6. The van der Waals surface area contributed by atoms with Crippen LogP contribution in [0.15, 0.2) is 97.1 Å². The van der Waals surface area contributed by atoms with Crippen LogP contribution >= 0.6 is 12.1 Å². The Kier molecular flexibility index (Phi) is 34.3. The summed E-state index contributed by atoms with van der Waals surface area (Å²) in [7, 11) is 0. The number of ether oxygens (including phenoxy) is 2. The number of fused-ring (bicyclic) bond motifs is 6. The minimum absolute atomic E-state index is 0.142. The summed E-state index contributed by atoms with van der Waals surface area (Å²) in [5.41, 5.74) is 8.14. The highest BCUT2D eigenvalue weighted by atomic mass is 32.4. The zero-order valence-electron chi connectivity index (χ0n) is 75.4. The molecule has 0 aliphatic heterocycles. The van der Waals surface area contributed by atoms with Gasteiger partial charge in [0.1, 0.15) is 78.7 Å². The van der Waals surface area contributed by atoms with Gasteiger partial charge >= 0.3 is 12.2 Å². The first kappa shape index (κ1) is 98.9. The molecule has 4 fully saturated rings. The first-order valence-electron chi connectivity index (χ1n) is 45.3. The molecular formula is C94H132N12O16P2S2. The van der Waals surface area contributed by atoms with Crippen molar-refractivity contribution in [3.05, 3.63) is 119 Å². The average molecular weight is 1810 g/mol. The number of benzene rings is 4. The summed E-state index contributed by atoms with van der Waals surface area (Å²) in [6.45, 7) is 17.8. The maximum Gasteiger partial charge on any atom is 0.417 e. The van der Waals surface area contributed by atoms with E-state index in [0.29, 0.717) is 62.7 Å². The Bertz CT molecular complexity index is 4650. The Morgan fingerprint density at radius 1 is 0.397 bits per heavy atom. The highest BCUT2D eigenvalue weighted by molar-refractivity contribution is 8.15. The third-order valence-electron chi connectivity index (χ3n) is 26.8. The summed E-state index contributed by atoms with van der Waals surface area (Å²) < 4.78 is 13.4. The lowest BCUT2D eigenvalue weighted by Gasteiger charge is -2.46. The summed E-state index contributed by atoms with van der Waals surface area (Å²) in [6.07, 6.45) is 12.8. The van der Waals surface area contributed by atoms with Crippen LogP contribution in [0.5, 0.6) is 0 Å². The van der Waals surface area contributed by atoms with Crippen LogP contribution < -0.4 is 53.6 Å². The van der Waals surface area contributed by atoms with Gasteiger partial charge in [0, 0.05) is 31.1 Å². The molecule has 4 aromatic rings. The van der Waals surface area contributed by atoms with Gasteiger partial charge in [0.05, 0.1) is 0 Å². The van der Waals surface area contributed by atoms with Crippen LogP contribution in [-0.4, -0.2) is 207 Å². The largest absolute Gasteiger partial charge is 0.448 e. The number of imide groups is 2. The summed E-state index contributed by atoms with van der Waals surface area (Å²) >= 11 is 14.8. The van der Waals surface area contributed by atoms with E-state index in [4.69, 9.17) is 38.8 Å². The van der Waals surface area contributed by atoms with Crippen molar-refractivity contribution in [1.29, 1.82) is 0 Å². The Morgan fingerprint density at radius 3 is 1.06 bits per heavy atom. The van der Waals surface area contributed by atoms with Crippen LogP contribution in [0.4, 0.5) is 9.59 Å². The highest BCUT2D eigenvalue weighted by Gasteiger charge is 2.54. The van der Waals surface area contributed by atoms with Crippen molar-refractivity contribution >= 4 is 119 Å². The number of rotatable bonds is 36. The molecule has 14 amide bonds. The minimum atomic E-state index is -3.18. The van der Waals surface area contributed by atoms with Crippen molar-refractivity contribution in [3.8, 4) is 22.3 Å². The molecule has 126 heavy (non-hydrogen) atoms. The van der Waals surface area contributed by atoms with Crippen LogP contribution in [0.3, 0.4) is 0 Å². The molecule has 11 N–H and O–H groups in total. The number of amides is 14. The van der Waals surface area contributed by atoms with Gasteiger partial charge < -0.3 is 63.1 Å². The maximum atomic E-state index is 18.3. The van der Waals surface area contributed by atoms with Gasteiger partial charge in [-0.3, -0.25) is 57.5 Å². The van der Waals surface area contributed by atoms with Gasteiger partial charge in [-0.1, -0.05) is 218 Å². The van der Waals surface area contributed by atoms with E-state index < -0.39 is 185 Å². The molecule has 4 aromatic carbocycles. The lowest BCUT2D eigenvalue weighted by Crippen LogP contribution is -2.65. The Labute approximate surface area is 752 Å². The highest BCUT2D eigenvalue weighted by Crippen LogP contribution is 2.66. The second kappa shape index (κ2) is 43.7. The number of carbonyl (C=O) groups is 14. The van der Waals surface area contributed by atoms with Crippen LogP contribution in [0.1, 0.15) is 259 Å². The molecule has 6 aliphatic carbocycles. The van der Waals surface area contributed by atoms with Gasteiger partial charge in [-0.2, -0.15) is 0 Å². The molecule has 686 valence electrons. The van der Waals surface area contributed by atoms with E-state index in [1.165, 1.54) is 76.2 Å². The first-order chi connectivity index (χ1) is 59.7. The quantitative estimate of drug-likeness (QED) is 0.0189. The summed E-state index contributed by atoms with van der Waals surface area (Å²) in [5.74, 6) is -12.2. The number of hydrogen-bond acceptors (Lipinski definition) is 18. The second-order valence-corrected chi connectivity index (χ2v) is 47.9. The number of nitrogens with two attached hydrogens (primary N) is 1. The van der Waals surface area contributed by atoms with Crippen LogP contribution in [0.2, 0.25) is 0 Å². The number of carbonyl (C=O) groups excluding carboxylic acids is 14. The third kappa shape index (κ3) is 23.6. The maximum absolute atomic E-state index is 18.3. The normalized spacial score (nSPS) is 18.4. The van der Waals surface area contributed by atoms with Crippen molar-refractivity contribution in [3.63, 3.8) is 0 Å². The van der Waals surface area contributed by atoms with Crippen molar-refractivity contribution < 1.29 is 76.6 Å². The molecule has 0 radical (unpaired) electrons. The number of nitrogens with zero attached hydrogens (tertiary/aromatic N) is 2. The number of hydrogen-bond donors (Lipinski definition) is 10. The molecule has 4 saturated carbocycles. The molecule has 0 aromatic heterocycles. The van der Waals surface area contributed by atoms with E-state index in [1.54, 1.807) is 13.8 Å². The predicted molar refractivity (Wildman–Crippen MR) is 494 cm³/mol. The zero-order chi connectivity index (χ0) is 91.9. The third-order valence-corrected chi connectivity index (χ3v) is 40.1. The Hall–Kier alpha value is -9.24. The van der Waals surface area contributed by atoms with E-state index >= 15 is 28.8 Å². The van der Waals surface area contributed by atoms with Gasteiger partial charge in [-0.05, 0) is 206 Å². The van der Waals surface area contributed by atoms with Gasteiger partial charge in [-0.25, -0.2) is 19.4 Å². The summed E-state index contributed by atoms with van der Waals surface area (Å²) in [6, 6.07) is 10.9. The zero-order valence-corrected chi connectivity index (χ0v) is 78.8. The van der Waals surface area contributed by atoms with Gasteiger partial charge in [0.2, 0.25) is 59.1 Å². The van der Waals surface area contributed by atoms with E-state index in [1.807, 2.05) is 97.1 Å². The lowest BCUT2D eigenvalue weighted by atomic mass is 9.97. The average Bonchev–Trinajstić information content (AvgIpc) is 1.42. The molecule has 0 spiro atoms. The lowest BCUT2D eigenvalue weighted by molar-refractivity contribution is -0.147. The molecule has 28 nitrogen and oxygen atoms in total. The Morgan fingerprint density at radius 2 is 0.706 bits per heavy atom. The second-order valence-electron chi connectivity index (χ2n) is 36.8. The molecule has 0 saturated heterocycles. The molecule has 6 aliphatic rings. The first-order valence-corrected chi connectivity index (χ1v) is 51.5. The van der Waals surface area contributed by atoms with E-state index in [2.05, 4.69) is 47.9 Å². The number of primary amides is 1. The van der Waals surface area contributed by atoms with Crippen molar-refractivity contribution in [2.45, 2.75) is 325 Å². The van der Waals surface area contributed by atoms with E-state index in [9.17, 15) is 38.4 Å². The fraction of sp³-hybridized carbons (Fsp3) is 0.596. The van der Waals surface area contributed by atoms with Crippen molar-refractivity contribution in [1.82, 2.24) is 57.7 Å². The topological polar surface area (TPSA) is 398 Å². The van der Waals surface area contributed by atoms with Crippen molar-refractivity contribution in [2.24, 2.45) is 11.7 Å². The molecular weight excluding hydrogens is 1680 g/mol. The van der Waals surface area contributed by atoms with E-state index in [0.717, 1.165) is 126 Å². The molecule has 10 rings (SSSR count). The minimum Gasteiger partial charge on any atom is -0.448 e. The van der Waals surface area contributed by atoms with Crippen LogP contribution in [0.25, 0.3) is 22.3 Å². The van der Waals surface area contributed by atoms with Gasteiger partial charge in [-0.15, -0.1) is 0 Å².